The molecule has 0 saturated heterocycles. The Hall–Kier alpha value is -2.77. The molecule has 144 valence electrons. The summed E-state index contributed by atoms with van der Waals surface area (Å²) in [5, 5.41) is 7.64. The van der Waals surface area contributed by atoms with Crippen molar-refractivity contribution in [3.63, 3.8) is 0 Å². The Kier molecular flexibility index (Phi) is 8.41. The number of alkyl carbamates (subject to hydrolysis) is 1. The van der Waals surface area contributed by atoms with Gasteiger partial charge in [0.25, 0.3) is 5.91 Å². The summed E-state index contributed by atoms with van der Waals surface area (Å²) in [6.45, 7) is 8.03. The molecule has 26 heavy (non-hydrogen) atoms. The molecule has 0 saturated carbocycles. The maximum Gasteiger partial charge on any atom is 0.407 e. The molecule has 0 bridgehead atoms. The lowest BCUT2D eigenvalue weighted by molar-refractivity contribution is -0.120. The highest BCUT2D eigenvalue weighted by atomic mass is 16.6. The van der Waals surface area contributed by atoms with Gasteiger partial charge in [-0.3, -0.25) is 9.59 Å². The molecule has 3 N–H and O–H groups in total. The lowest BCUT2D eigenvalue weighted by Crippen LogP contribution is -2.41. The number of benzene rings is 1. The Morgan fingerprint density at radius 2 is 1.58 bits per heavy atom. The quantitative estimate of drug-likeness (QED) is 0.605. The van der Waals surface area contributed by atoms with Gasteiger partial charge in [-0.15, -0.1) is 0 Å². The third kappa shape index (κ3) is 8.91. The summed E-state index contributed by atoms with van der Waals surface area (Å²) in [6.07, 6.45) is -0.546. The van der Waals surface area contributed by atoms with Crippen LogP contribution in [0.1, 0.15) is 38.1 Å². The molecule has 0 spiro atoms. The number of carbonyl (C=O) groups is 3. The average molecular weight is 365 g/mol. The topological polar surface area (TPSA) is 106 Å². The van der Waals surface area contributed by atoms with Crippen LogP contribution in [-0.4, -0.2) is 49.7 Å². The second-order valence-electron chi connectivity index (χ2n) is 6.42. The Labute approximate surface area is 153 Å². The van der Waals surface area contributed by atoms with E-state index in [4.69, 9.17) is 9.47 Å². The molecule has 8 nitrogen and oxygen atoms in total. The van der Waals surface area contributed by atoms with E-state index in [1.165, 1.54) is 0 Å². The summed E-state index contributed by atoms with van der Waals surface area (Å²) in [4.78, 5) is 35.1. The van der Waals surface area contributed by atoms with Gasteiger partial charge in [0.2, 0.25) is 5.91 Å². The fourth-order valence-electron chi connectivity index (χ4n) is 1.87. The fraction of sp³-hybridized carbons (Fsp3) is 0.500. The summed E-state index contributed by atoms with van der Waals surface area (Å²) < 4.78 is 10.4. The van der Waals surface area contributed by atoms with E-state index < -0.39 is 11.7 Å². The first-order chi connectivity index (χ1) is 12.2. The van der Waals surface area contributed by atoms with Gasteiger partial charge < -0.3 is 25.4 Å². The Morgan fingerprint density at radius 1 is 0.962 bits per heavy atom. The highest BCUT2D eigenvalue weighted by Crippen LogP contribution is 2.11. The highest BCUT2D eigenvalue weighted by molar-refractivity contribution is 5.96. The lowest BCUT2D eigenvalue weighted by Gasteiger charge is -2.19. The minimum atomic E-state index is -0.571. The number of amides is 3. The first kappa shape index (κ1) is 21.3. The van der Waals surface area contributed by atoms with Gasteiger partial charge in [0.15, 0.2) is 0 Å². The molecule has 0 heterocycles. The summed E-state index contributed by atoms with van der Waals surface area (Å²) >= 11 is 0. The molecule has 1 aromatic rings. The third-order valence-corrected chi connectivity index (χ3v) is 2.95. The van der Waals surface area contributed by atoms with E-state index in [9.17, 15) is 14.4 Å². The van der Waals surface area contributed by atoms with Gasteiger partial charge in [0, 0.05) is 18.7 Å². The zero-order valence-corrected chi connectivity index (χ0v) is 15.7. The Morgan fingerprint density at radius 3 is 2.15 bits per heavy atom. The number of carbonyl (C=O) groups excluding carboxylic acids is 3. The van der Waals surface area contributed by atoms with Crippen molar-refractivity contribution < 1.29 is 23.9 Å². The maximum atomic E-state index is 12.0. The Balaban J connectivity index is 2.23. The lowest BCUT2D eigenvalue weighted by atomic mass is 10.2. The highest BCUT2D eigenvalue weighted by Gasteiger charge is 2.15. The van der Waals surface area contributed by atoms with Crippen molar-refractivity contribution >= 4 is 17.9 Å². The van der Waals surface area contributed by atoms with E-state index in [0.29, 0.717) is 17.9 Å². The van der Waals surface area contributed by atoms with Crippen molar-refractivity contribution in [2.24, 2.45) is 0 Å². The third-order valence-electron chi connectivity index (χ3n) is 2.95. The summed E-state index contributed by atoms with van der Waals surface area (Å²) in [6, 6.07) is 6.65. The minimum Gasteiger partial charge on any atom is -0.494 e. The van der Waals surface area contributed by atoms with Crippen LogP contribution in [0.25, 0.3) is 0 Å². The van der Waals surface area contributed by atoms with Crippen molar-refractivity contribution in [3.8, 4) is 5.75 Å². The van der Waals surface area contributed by atoms with Gasteiger partial charge >= 0.3 is 6.09 Å². The number of nitrogens with one attached hydrogen (secondary N) is 3. The molecule has 0 unspecified atom stereocenters. The molecular weight excluding hydrogens is 338 g/mol. The molecule has 0 radical (unpaired) electrons. The summed E-state index contributed by atoms with van der Waals surface area (Å²) in [5.74, 6) is -0.0235. The molecule has 0 aliphatic carbocycles. The van der Waals surface area contributed by atoms with Crippen LogP contribution in [0.5, 0.6) is 5.75 Å². The molecule has 0 aliphatic heterocycles. The second kappa shape index (κ2) is 10.3. The molecular formula is C18H27N3O5. The molecule has 8 heteroatoms. The number of hydrogen-bond donors (Lipinski definition) is 3. The van der Waals surface area contributed by atoms with Gasteiger partial charge in [-0.2, -0.15) is 0 Å². The van der Waals surface area contributed by atoms with Crippen LogP contribution < -0.4 is 20.7 Å². The van der Waals surface area contributed by atoms with Crippen molar-refractivity contribution in [1.29, 1.82) is 0 Å². The van der Waals surface area contributed by atoms with Gasteiger partial charge in [0.1, 0.15) is 11.4 Å². The molecule has 0 atom stereocenters. The first-order valence-corrected chi connectivity index (χ1v) is 8.46. The van der Waals surface area contributed by atoms with Crippen molar-refractivity contribution in [2.75, 3.05) is 26.2 Å². The normalized spacial score (nSPS) is 10.6. The van der Waals surface area contributed by atoms with Gasteiger partial charge in [-0.1, -0.05) is 0 Å². The van der Waals surface area contributed by atoms with Crippen LogP contribution >= 0.6 is 0 Å². The zero-order chi connectivity index (χ0) is 19.6. The average Bonchev–Trinajstić information content (AvgIpc) is 2.56. The molecule has 0 aliphatic rings. The van der Waals surface area contributed by atoms with E-state index >= 15 is 0 Å². The minimum absolute atomic E-state index is 0.154. The van der Waals surface area contributed by atoms with Crippen LogP contribution in [0.2, 0.25) is 0 Å². The van der Waals surface area contributed by atoms with Crippen LogP contribution in [0.4, 0.5) is 4.79 Å². The summed E-state index contributed by atoms with van der Waals surface area (Å²) in [7, 11) is 0. The number of hydrogen-bond acceptors (Lipinski definition) is 5. The standard InChI is InChI=1S/C18H27N3O5/c1-5-25-14-8-6-13(7-9-14)16(23)21-12-15(22)19-10-11-20-17(24)26-18(2,3)4/h6-9H,5,10-12H2,1-4H3,(H,19,22)(H,20,24)(H,21,23). The molecule has 3 amide bonds. The van der Waals surface area contributed by atoms with Gasteiger partial charge in [-0.05, 0) is 52.0 Å². The van der Waals surface area contributed by atoms with E-state index in [1.54, 1.807) is 45.0 Å². The van der Waals surface area contributed by atoms with Crippen molar-refractivity contribution in [2.45, 2.75) is 33.3 Å². The fourth-order valence-corrected chi connectivity index (χ4v) is 1.87. The van der Waals surface area contributed by atoms with Gasteiger partial charge in [0.05, 0.1) is 13.2 Å². The monoisotopic (exact) mass is 365 g/mol. The number of rotatable bonds is 8. The van der Waals surface area contributed by atoms with Crippen molar-refractivity contribution in [1.82, 2.24) is 16.0 Å². The second-order valence-corrected chi connectivity index (χ2v) is 6.42. The molecule has 1 rings (SSSR count). The van der Waals surface area contributed by atoms with Crippen LogP contribution in [-0.2, 0) is 9.53 Å². The smallest absolute Gasteiger partial charge is 0.407 e. The number of ether oxygens (including phenoxy) is 2. The van der Waals surface area contributed by atoms with E-state index in [2.05, 4.69) is 16.0 Å². The zero-order valence-electron chi connectivity index (χ0n) is 15.7. The predicted octanol–water partition coefficient (Wildman–Crippen LogP) is 1.46. The van der Waals surface area contributed by atoms with Gasteiger partial charge in [-0.25, -0.2) is 4.79 Å². The molecule has 0 aromatic heterocycles. The van der Waals surface area contributed by atoms with Crippen LogP contribution in [0.3, 0.4) is 0 Å². The maximum absolute atomic E-state index is 12.0. The molecule has 1 aromatic carbocycles. The Bertz CT molecular complexity index is 608. The van der Waals surface area contributed by atoms with E-state index in [0.717, 1.165) is 0 Å². The SMILES string of the molecule is CCOc1ccc(C(=O)NCC(=O)NCCNC(=O)OC(C)(C)C)cc1. The van der Waals surface area contributed by atoms with E-state index in [-0.39, 0.29) is 31.4 Å². The first-order valence-electron chi connectivity index (χ1n) is 8.46. The van der Waals surface area contributed by atoms with Crippen LogP contribution in [0, 0.1) is 0 Å². The predicted molar refractivity (Wildman–Crippen MR) is 97.2 cm³/mol. The summed E-state index contributed by atoms with van der Waals surface area (Å²) in [5.41, 5.74) is -0.133. The molecule has 0 fully saturated rings. The van der Waals surface area contributed by atoms with Crippen molar-refractivity contribution in [3.05, 3.63) is 29.8 Å². The van der Waals surface area contributed by atoms with Crippen LogP contribution in [0.15, 0.2) is 24.3 Å². The van der Waals surface area contributed by atoms with E-state index in [1.807, 2.05) is 6.92 Å². The largest absolute Gasteiger partial charge is 0.494 e.